The van der Waals surface area contributed by atoms with E-state index in [9.17, 15) is 17.8 Å². The lowest BCUT2D eigenvalue weighted by atomic mass is 9.96. The number of carbonyl (C=O) groups is 1. The first-order chi connectivity index (χ1) is 13.0. The van der Waals surface area contributed by atoms with Crippen LogP contribution in [0.1, 0.15) is 28.4 Å². The summed E-state index contributed by atoms with van der Waals surface area (Å²) in [6, 6.07) is 6.38. The summed E-state index contributed by atoms with van der Waals surface area (Å²) in [5.74, 6) is 5.36. The molecule has 3 rings (SSSR count). The lowest BCUT2D eigenvalue weighted by molar-refractivity contribution is -0.591. The first-order valence-corrected chi connectivity index (χ1v) is 10.6. The van der Waals surface area contributed by atoms with Crippen molar-refractivity contribution in [3.8, 4) is 11.1 Å². The highest BCUT2D eigenvalue weighted by Gasteiger charge is 2.26. The smallest absolute Gasteiger partial charge is 0.356 e. The molecule has 0 bridgehead atoms. The van der Waals surface area contributed by atoms with Crippen molar-refractivity contribution in [2.45, 2.75) is 25.7 Å². The Morgan fingerprint density at radius 2 is 1.89 bits per heavy atom. The van der Waals surface area contributed by atoms with Gasteiger partial charge in [-0.05, 0) is 55.9 Å². The number of aryl methyl sites for hydroxylation is 2. The number of anilines is 1. The van der Waals surface area contributed by atoms with Gasteiger partial charge in [-0.3, -0.25) is 16.1 Å². The third kappa shape index (κ3) is 3.41. The second-order valence-electron chi connectivity index (χ2n) is 6.33. The molecule has 0 amide bonds. The van der Waals surface area contributed by atoms with E-state index < -0.39 is 16.1 Å². The van der Waals surface area contributed by atoms with E-state index in [4.69, 9.17) is 16.3 Å². The molecule has 0 atom stereocenters. The van der Waals surface area contributed by atoms with Crippen LogP contribution in [0.25, 0.3) is 21.3 Å². The van der Waals surface area contributed by atoms with Gasteiger partial charge in [0.15, 0.2) is 5.52 Å². The van der Waals surface area contributed by atoms with Gasteiger partial charge in [0.1, 0.15) is 4.90 Å². The largest absolute Gasteiger partial charge is 0.462 e. The van der Waals surface area contributed by atoms with Crippen LogP contribution in [-0.4, -0.2) is 25.5 Å². The minimum atomic E-state index is -4.55. The summed E-state index contributed by atoms with van der Waals surface area (Å²) < 4.78 is 41.0. The minimum Gasteiger partial charge on any atom is -0.462 e. The lowest BCUT2D eigenvalue weighted by Crippen LogP contribution is -2.45. The molecule has 0 aliphatic carbocycles. The van der Waals surface area contributed by atoms with Gasteiger partial charge in [-0.2, -0.15) is 8.42 Å². The van der Waals surface area contributed by atoms with E-state index >= 15 is 0 Å². The number of aromatic nitrogens is 1. The number of thiazole rings is 1. The van der Waals surface area contributed by atoms with Crippen LogP contribution in [0.4, 0.5) is 5.13 Å². The van der Waals surface area contributed by atoms with Gasteiger partial charge in [-0.15, -0.1) is 4.68 Å². The van der Waals surface area contributed by atoms with E-state index in [0.717, 1.165) is 5.56 Å². The highest BCUT2D eigenvalue weighted by atomic mass is 32.2. The normalized spacial score (nSPS) is 11.7. The summed E-state index contributed by atoms with van der Waals surface area (Å²) in [6.45, 7) is 5.19. The number of esters is 1. The highest BCUT2D eigenvalue weighted by Crippen LogP contribution is 2.37. The highest BCUT2D eigenvalue weighted by molar-refractivity contribution is 7.86. The Balaban J connectivity index is 2.47. The minimum absolute atomic E-state index is 0.151. The summed E-state index contributed by atoms with van der Waals surface area (Å²) in [7, 11) is -4.55. The van der Waals surface area contributed by atoms with Gasteiger partial charge in [0.25, 0.3) is 10.1 Å². The topological polar surface area (TPSA) is 137 Å². The summed E-state index contributed by atoms with van der Waals surface area (Å²) in [6.07, 6.45) is 0. The van der Waals surface area contributed by atoms with Crippen LogP contribution in [-0.2, 0) is 14.9 Å². The Hall–Kier alpha value is -2.69. The van der Waals surface area contributed by atoms with Gasteiger partial charge in [0.2, 0.25) is 0 Å². The monoisotopic (exact) mass is 422 g/mol. The molecule has 0 saturated heterocycles. The summed E-state index contributed by atoms with van der Waals surface area (Å²) in [5.41, 5.74) is 8.15. The van der Waals surface area contributed by atoms with Gasteiger partial charge in [0, 0.05) is 11.1 Å². The second kappa shape index (κ2) is 7.04. The Morgan fingerprint density at radius 3 is 2.50 bits per heavy atom. The maximum atomic E-state index is 12.6. The van der Waals surface area contributed by atoms with Crippen LogP contribution in [0, 0.1) is 13.8 Å². The third-order valence-corrected chi connectivity index (χ3v) is 6.28. The molecule has 1 heterocycles. The molecule has 0 unspecified atom stereocenters. The van der Waals surface area contributed by atoms with E-state index in [1.54, 1.807) is 45.0 Å². The molecule has 3 aromatic rings. The molecule has 0 fully saturated rings. The SMILES string of the molecule is CCOC(=O)c1cc2sc(N)[n+](N)c2cc1-c1cc(C)cc(C)c1S(=O)(=O)O. The number of fused-ring (bicyclic) bond motifs is 1. The van der Waals surface area contributed by atoms with E-state index in [1.807, 2.05) is 0 Å². The molecular weight excluding hydrogens is 402 g/mol. The fraction of sp³-hybridized carbons (Fsp3) is 0.222. The molecular formula is C18H20N3O5S2+. The number of rotatable bonds is 4. The lowest BCUT2D eigenvalue weighted by Gasteiger charge is -2.15. The predicted molar refractivity (Wildman–Crippen MR) is 107 cm³/mol. The number of carbonyl (C=O) groups excluding carboxylic acids is 1. The molecule has 0 aliphatic rings. The molecule has 0 radical (unpaired) electrons. The standard InChI is InChI=1S/C18H19N3O5S2/c1-4-26-17(22)13-8-15-14(21(20)18(19)27-15)7-11(13)12-6-9(2)5-10(3)16(12)28(23,24)25/h5-8,19H,4,20H2,1-3H3,(H,23,24,25)/p+1. The number of nitrogen functional groups attached to an aromatic ring is 2. The summed E-state index contributed by atoms with van der Waals surface area (Å²) >= 11 is 1.19. The average molecular weight is 423 g/mol. The van der Waals surface area contributed by atoms with Gasteiger partial charge in [-0.25, -0.2) is 4.79 Å². The molecule has 1 aromatic heterocycles. The summed E-state index contributed by atoms with van der Waals surface area (Å²) in [5, 5.41) is 0.317. The fourth-order valence-corrected chi connectivity index (χ4v) is 4.99. The average Bonchev–Trinajstić information content (AvgIpc) is 2.86. The van der Waals surface area contributed by atoms with Crippen LogP contribution >= 0.6 is 11.3 Å². The number of ether oxygens (including phenoxy) is 1. The first kappa shape index (κ1) is 20.1. The number of hydrogen-bond acceptors (Lipinski definition) is 7. The third-order valence-electron chi connectivity index (χ3n) is 4.27. The Bertz CT molecular complexity index is 1220. The van der Waals surface area contributed by atoms with Crippen molar-refractivity contribution in [2.75, 3.05) is 18.2 Å². The van der Waals surface area contributed by atoms with E-state index in [0.29, 0.717) is 20.9 Å². The molecule has 10 heteroatoms. The number of benzene rings is 2. The zero-order valence-electron chi connectivity index (χ0n) is 15.5. The Kier molecular flexibility index (Phi) is 5.04. The molecule has 8 nitrogen and oxygen atoms in total. The van der Waals surface area contributed by atoms with E-state index in [-0.39, 0.29) is 28.2 Å². The number of nitrogens with zero attached hydrogens (tertiary/aromatic N) is 1. The number of nitrogens with two attached hydrogens (primary N) is 2. The van der Waals surface area contributed by atoms with Crippen molar-refractivity contribution in [2.24, 2.45) is 0 Å². The molecule has 0 saturated carbocycles. The maximum Gasteiger partial charge on any atom is 0.356 e. The van der Waals surface area contributed by atoms with E-state index in [1.165, 1.54) is 16.0 Å². The fourth-order valence-electron chi connectivity index (χ4n) is 3.22. The van der Waals surface area contributed by atoms with Crippen molar-refractivity contribution in [3.05, 3.63) is 41.0 Å². The van der Waals surface area contributed by atoms with Crippen LogP contribution < -0.4 is 16.3 Å². The van der Waals surface area contributed by atoms with Crippen molar-refractivity contribution >= 4 is 42.8 Å². The summed E-state index contributed by atoms with van der Waals surface area (Å²) in [4.78, 5) is 12.3. The van der Waals surface area contributed by atoms with Crippen LogP contribution in [0.3, 0.4) is 0 Å². The van der Waals surface area contributed by atoms with Crippen LogP contribution in [0.5, 0.6) is 0 Å². The molecule has 5 N–H and O–H groups in total. The van der Waals surface area contributed by atoms with Crippen molar-refractivity contribution in [1.82, 2.24) is 0 Å². The quantitative estimate of drug-likeness (QED) is 0.254. The zero-order chi connectivity index (χ0) is 20.8. The number of hydrogen-bond donors (Lipinski definition) is 3. The van der Waals surface area contributed by atoms with Crippen LogP contribution in [0.2, 0.25) is 0 Å². The molecule has 28 heavy (non-hydrogen) atoms. The van der Waals surface area contributed by atoms with Gasteiger partial charge in [0.05, 0.1) is 16.9 Å². The first-order valence-electron chi connectivity index (χ1n) is 8.34. The van der Waals surface area contributed by atoms with Gasteiger partial charge in [-0.1, -0.05) is 11.6 Å². The van der Waals surface area contributed by atoms with Gasteiger partial charge < -0.3 is 4.74 Å². The molecule has 148 valence electrons. The van der Waals surface area contributed by atoms with Crippen LogP contribution in [0.15, 0.2) is 29.2 Å². The van der Waals surface area contributed by atoms with Gasteiger partial charge >= 0.3 is 11.1 Å². The molecule has 0 aliphatic heterocycles. The zero-order valence-corrected chi connectivity index (χ0v) is 17.1. The second-order valence-corrected chi connectivity index (χ2v) is 8.75. The molecule has 0 spiro atoms. The Morgan fingerprint density at radius 1 is 1.21 bits per heavy atom. The Labute approximate surface area is 166 Å². The van der Waals surface area contributed by atoms with E-state index in [2.05, 4.69) is 0 Å². The maximum absolute atomic E-state index is 12.6. The van der Waals surface area contributed by atoms with Crippen molar-refractivity contribution in [1.29, 1.82) is 0 Å². The van der Waals surface area contributed by atoms with Crippen molar-refractivity contribution in [3.63, 3.8) is 0 Å². The predicted octanol–water partition coefficient (Wildman–Crippen LogP) is 2.19. The molecule has 2 aromatic carbocycles. The van der Waals surface area contributed by atoms with Crippen molar-refractivity contribution < 1.29 is 27.2 Å².